The predicted molar refractivity (Wildman–Crippen MR) is 80.1 cm³/mol. The van der Waals surface area contributed by atoms with Gasteiger partial charge in [0.15, 0.2) is 0 Å². The Morgan fingerprint density at radius 1 is 1.26 bits per heavy atom. The van der Waals surface area contributed by atoms with Crippen LogP contribution in [0.3, 0.4) is 0 Å². The van der Waals surface area contributed by atoms with E-state index >= 15 is 0 Å². The van der Waals surface area contributed by atoms with E-state index in [-0.39, 0.29) is 12.0 Å². The number of aliphatic hydroxyl groups excluding tert-OH is 1. The third-order valence-corrected chi connectivity index (χ3v) is 3.64. The Kier molecular flexibility index (Phi) is 4.61. The van der Waals surface area contributed by atoms with Gasteiger partial charge >= 0.3 is 0 Å². The molecule has 0 unspecified atom stereocenters. The molecule has 0 aliphatic carbocycles. The second kappa shape index (κ2) is 6.22. The maximum absolute atomic E-state index is 9.20. The maximum Gasteiger partial charge on any atom is 0.0482 e. The van der Waals surface area contributed by atoms with Crippen molar-refractivity contribution >= 4 is 10.9 Å². The SMILES string of the molecule is CC(C)(CO)CCCNCc1cccc2[nH]ccc12. The van der Waals surface area contributed by atoms with Crippen LogP contribution in [-0.4, -0.2) is 23.2 Å². The fourth-order valence-electron chi connectivity index (χ4n) is 2.30. The average molecular weight is 260 g/mol. The molecule has 0 amide bonds. The molecule has 3 heteroatoms. The molecule has 2 rings (SSSR count). The molecule has 0 saturated carbocycles. The predicted octanol–water partition coefficient (Wildman–Crippen LogP) is 3.06. The zero-order valence-corrected chi connectivity index (χ0v) is 11.9. The molecule has 0 radical (unpaired) electrons. The molecule has 104 valence electrons. The zero-order chi connectivity index (χ0) is 13.7. The smallest absolute Gasteiger partial charge is 0.0482 e. The van der Waals surface area contributed by atoms with Gasteiger partial charge in [-0.25, -0.2) is 0 Å². The lowest BCUT2D eigenvalue weighted by Crippen LogP contribution is -2.20. The average Bonchev–Trinajstić information content (AvgIpc) is 2.87. The summed E-state index contributed by atoms with van der Waals surface area (Å²) < 4.78 is 0. The van der Waals surface area contributed by atoms with E-state index in [1.165, 1.54) is 16.5 Å². The molecule has 0 aliphatic rings. The summed E-state index contributed by atoms with van der Waals surface area (Å²) in [5, 5.41) is 14.0. The van der Waals surface area contributed by atoms with Gasteiger partial charge in [-0.3, -0.25) is 0 Å². The summed E-state index contributed by atoms with van der Waals surface area (Å²) in [4.78, 5) is 3.23. The van der Waals surface area contributed by atoms with Crippen LogP contribution < -0.4 is 5.32 Å². The molecule has 19 heavy (non-hydrogen) atoms. The van der Waals surface area contributed by atoms with Crippen LogP contribution in [0.15, 0.2) is 30.5 Å². The van der Waals surface area contributed by atoms with Gasteiger partial charge in [0.05, 0.1) is 0 Å². The molecule has 0 spiro atoms. The van der Waals surface area contributed by atoms with Gasteiger partial charge in [0, 0.05) is 30.3 Å². The van der Waals surface area contributed by atoms with Crippen molar-refractivity contribution in [1.29, 1.82) is 0 Å². The highest BCUT2D eigenvalue weighted by Crippen LogP contribution is 2.20. The van der Waals surface area contributed by atoms with Crippen molar-refractivity contribution in [2.24, 2.45) is 5.41 Å². The number of aromatic amines is 1. The highest BCUT2D eigenvalue weighted by molar-refractivity contribution is 5.82. The molecule has 0 fully saturated rings. The number of hydrogen-bond acceptors (Lipinski definition) is 2. The largest absolute Gasteiger partial charge is 0.396 e. The van der Waals surface area contributed by atoms with Gasteiger partial charge in [0.25, 0.3) is 0 Å². The molecule has 3 nitrogen and oxygen atoms in total. The molecule has 1 heterocycles. The first-order valence-electron chi connectivity index (χ1n) is 6.99. The number of nitrogens with one attached hydrogen (secondary N) is 2. The van der Waals surface area contributed by atoms with E-state index in [2.05, 4.69) is 48.4 Å². The van der Waals surface area contributed by atoms with Crippen molar-refractivity contribution < 1.29 is 5.11 Å². The molecular formula is C16H24N2O. The van der Waals surface area contributed by atoms with E-state index < -0.39 is 0 Å². The van der Waals surface area contributed by atoms with E-state index in [1.54, 1.807) is 0 Å². The highest BCUT2D eigenvalue weighted by atomic mass is 16.3. The van der Waals surface area contributed by atoms with E-state index in [1.807, 2.05) is 6.20 Å². The van der Waals surface area contributed by atoms with Gasteiger partial charge in [-0.15, -0.1) is 0 Å². The van der Waals surface area contributed by atoms with Crippen LogP contribution in [0.1, 0.15) is 32.3 Å². The molecule has 1 aromatic carbocycles. The van der Waals surface area contributed by atoms with Crippen LogP contribution >= 0.6 is 0 Å². The van der Waals surface area contributed by atoms with Crippen LogP contribution in [0.2, 0.25) is 0 Å². The minimum atomic E-state index is 0.0440. The van der Waals surface area contributed by atoms with Gasteiger partial charge in [-0.05, 0) is 42.5 Å². The van der Waals surface area contributed by atoms with Gasteiger partial charge < -0.3 is 15.4 Å². The van der Waals surface area contributed by atoms with Crippen molar-refractivity contribution in [2.75, 3.05) is 13.2 Å². The van der Waals surface area contributed by atoms with Crippen molar-refractivity contribution in [3.63, 3.8) is 0 Å². The summed E-state index contributed by atoms with van der Waals surface area (Å²) >= 11 is 0. The molecular weight excluding hydrogens is 236 g/mol. The summed E-state index contributed by atoms with van der Waals surface area (Å²) in [5.41, 5.74) is 2.57. The number of fused-ring (bicyclic) bond motifs is 1. The van der Waals surface area contributed by atoms with Crippen LogP contribution in [0, 0.1) is 5.41 Å². The Hall–Kier alpha value is -1.32. The van der Waals surface area contributed by atoms with Gasteiger partial charge in [-0.1, -0.05) is 26.0 Å². The first-order chi connectivity index (χ1) is 9.12. The lowest BCUT2D eigenvalue weighted by molar-refractivity contribution is 0.148. The molecule has 0 atom stereocenters. The molecule has 0 aliphatic heterocycles. The van der Waals surface area contributed by atoms with Crippen molar-refractivity contribution in [2.45, 2.75) is 33.2 Å². The minimum Gasteiger partial charge on any atom is -0.396 e. The minimum absolute atomic E-state index is 0.0440. The third-order valence-electron chi connectivity index (χ3n) is 3.64. The van der Waals surface area contributed by atoms with Crippen molar-refractivity contribution in [3.8, 4) is 0 Å². The van der Waals surface area contributed by atoms with Crippen LogP contribution in [0.5, 0.6) is 0 Å². The fraction of sp³-hybridized carbons (Fsp3) is 0.500. The summed E-state index contributed by atoms with van der Waals surface area (Å²) in [5.74, 6) is 0. The number of hydrogen-bond donors (Lipinski definition) is 3. The second-order valence-electron chi connectivity index (χ2n) is 5.96. The monoisotopic (exact) mass is 260 g/mol. The van der Waals surface area contributed by atoms with Gasteiger partial charge in [0.2, 0.25) is 0 Å². The van der Waals surface area contributed by atoms with Crippen LogP contribution in [0.25, 0.3) is 10.9 Å². The van der Waals surface area contributed by atoms with E-state index in [4.69, 9.17) is 0 Å². The maximum atomic E-state index is 9.20. The zero-order valence-electron chi connectivity index (χ0n) is 11.9. The molecule has 1 aromatic heterocycles. The lowest BCUT2D eigenvalue weighted by Gasteiger charge is -2.21. The first kappa shape index (κ1) is 14.1. The second-order valence-corrected chi connectivity index (χ2v) is 5.96. The summed E-state index contributed by atoms with van der Waals surface area (Å²) in [6.45, 7) is 6.36. The Morgan fingerprint density at radius 2 is 2.11 bits per heavy atom. The Balaban J connectivity index is 1.79. The number of benzene rings is 1. The highest BCUT2D eigenvalue weighted by Gasteiger charge is 2.15. The number of rotatable bonds is 7. The van der Waals surface area contributed by atoms with E-state index in [0.717, 1.165) is 25.9 Å². The number of aromatic nitrogens is 1. The van der Waals surface area contributed by atoms with Crippen LogP contribution in [0.4, 0.5) is 0 Å². The standard InChI is InChI=1S/C16H24N2O/c1-16(2,12-19)8-4-9-17-11-13-5-3-6-15-14(13)7-10-18-15/h3,5-7,10,17-19H,4,8-9,11-12H2,1-2H3. The number of aliphatic hydroxyl groups is 1. The van der Waals surface area contributed by atoms with Gasteiger partial charge in [-0.2, -0.15) is 0 Å². The first-order valence-corrected chi connectivity index (χ1v) is 6.99. The lowest BCUT2D eigenvalue weighted by atomic mass is 9.89. The van der Waals surface area contributed by atoms with E-state index in [0.29, 0.717) is 0 Å². The fourth-order valence-corrected chi connectivity index (χ4v) is 2.30. The van der Waals surface area contributed by atoms with Crippen LogP contribution in [-0.2, 0) is 6.54 Å². The van der Waals surface area contributed by atoms with Crippen molar-refractivity contribution in [1.82, 2.24) is 10.3 Å². The summed E-state index contributed by atoms with van der Waals surface area (Å²) in [6, 6.07) is 8.48. The molecule has 2 aromatic rings. The Morgan fingerprint density at radius 3 is 2.89 bits per heavy atom. The Labute approximate surface area is 115 Å². The number of H-pyrrole nitrogens is 1. The molecule has 0 saturated heterocycles. The summed E-state index contributed by atoms with van der Waals surface area (Å²) in [7, 11) is 0. The molecule has 0 bridgehead atoms. The quantitative estimate of drug-likeness (QED) is 0.670. The molecule has 3 N–H and O–H groups in total. The van der Waals surface area contributed by atoms with Crippen molar-refractivity contribution in [3.05, 3.63) is 36.0 Å². The van der Waals surface area contributed by atoms with E-state index in [9.17, 15) is 5.11 Å². The van der Waals surface area contributed by atoms with Gasteiger partial charge in [0.1, 0.15) is 0 Å². The third kappa shape index (κ3) is 3.82. The normalized spacial score (nSPS) is 12.2. The topological polar surface area (TPSA) is 48.0 Å². The Bertz CT molecular complexity index is 516. The summed E-state index contributed by atoms with van der Waals surface area (Å²) in [6.07, 6.45) is 4.12.